The first-order valence-corrected chi connectivity index (χ1v) is 9.15. The van der Waals surface area contributed by atoms with E-state index in [1.54, 1.807) is 11.0 Å². The van der Waals surface area contributed by atoms with Crippen molar-refractivity contribution >= 4 is 17.4 Å². The summed E-state index contributed by atoms with van der Waals surface area (Å²) in [6, 6.07) is 7.08. The first kappa shape index (κ1) is 19.2. The molecule has 2 aromatic heterocycles. The number of benzene rings is 1. The standard InChI is InChI=1S/C19H19F3N6O/c1-12-10-13(2)28-18(23-12)24-16(25-28)17(29)27-8-6-26(7-9-27)15-5-3-4-14(11-15)19(20,21)22/h3-5,10-11H,6-9H2,1-2H3. The molecule has 0 unspecified atom stereocenters. The number of hydrogen-bond donors (Lipinski definition) is 0. The molecule has 3 heterocycles. The Labute approximate surface area is 164 Å². The molecular formula is C19H19F3N6O. The average molecular weight is 404 g/mol. The third-order valence-electron chi connectivity index (χ3n) is 4.92. The van der Waals surface area contributed by atoms with Gasteiger partial charge >= 0.3 is 6.18 Å². The number of piperazine rings is 1. The van der Waals surface area contributed by atoms with Crippen LogP contribution in [0.15, 0.2) is 30.3 Å². The Morgan fingerprint density at radius 3 is 2.45 bits per heavy atom. The molecule has 10 heteroatoms. The first-order chi connectivity index (χ1) is 13.7. The van der Waals surface area contributed by atoms with Crippen LogP contribution in [-0.2, 0) is 6.18 Å². The molecular weight excluding hydrogens is 385 g/mol. The van der Waals surface area contributed by atoms with Crippen molar-refractivity contribution in [2.24, 2.45) is 0 Å². The van der Waals surface area contributed by atoms with Gasteiger partial charge in [-0.15, -0.1) is 5.10 Å². The highest BCUT2D eigenvalue weighted by atomic mass is 19.4. The van der Waals surface area contributed by atoms with Crippen LogP contribution in [0.25, 0.3) is 5.78 Å². The van der Waals surface area contributed by atoms with Gasteiger partial charge in [-0.3, -0.25) is 4.79 Å². The lowest BCUT2D eigenvalue weighted by atomic mass is 10.1. The molecule has 0 aliphatic carbocycles. The Balaban J connectivity index is 1.47. The highest BCUT2D eigenvalue weighted by Gasteiger charge is 2.31. The van der Waals surface area contributed by atoms with E-state index in [0.717, 1.165) is 23.5 Å². The number of amides is 1. The maximum atomic E-state index is 12.9. The largest absolute Gasteiger partial charge is 0.416 e. The maximum absolute atomic E-state index is 12.9. The van der Waals surface area contributed by atoms with Crippen molar-refractivity contribution in [1.82, 2.24) is 24.5 Å². The Morgan fingerprint density at radius 2 is 1.76 bits per heavy atom. The molecule has 1 saturated heterocycles. The summed E-state index contributed by atoms with van der Waals surface area (Å²) in [5.74, 6) is 0.128. The zero-order valence-corrected chi connectivity index (χ0v) is 15.9. The normalized spacial score (nSPS) is 15.2. The molecule has 29 heavy (non-hydrogen) atoms. The first-order valence-electron chi connectivity index (χ1n) is 9.15. The molecule has 1 aliphatic rings. The Hall–Kier alpha value is -3.17. The van der Waals surface area contributed by atoms with E-state index in [4.69, 9.17) is 0 Å². The number of anilines is 1. The molecule has 0 atom stereocenters. The van der Waals surface area contributed by atoms with Crippen molar-refractivity contribution in [2.75, 3.05) is 31.1 Å². The summed E-state index contributed by atoms with van der Waals surface area (Å²) in [6.07, 6.45) is -4.38. The fraction of sp³-hybridized carbons (Fsp3) is 0.368. The number of carbonyl (C=O) groups is 1. The van der Waals surface area contributed by atoms with Gasteiger partial charge in [0.1, 0.15) is 0 Å². The predicted molar refractivity (Wildman–Crippen MR) is 99.8 cm³/mol. The molecule has 0 saturated carbocycles. The minimum absolute atomic E-state index is 0.0683. The summed E-state index contributed by atoms with van der Waals surface area (Å²) >= 11 is 0. The second kappa shape index (κ2) is 7.02. The number of carbonyl (C=O) groups excluding carboxylic acids is 1. The Morgan fingerprint density at radius 1 is 1.03 bits per heavy atom. The molecule has 0 radical (unpaired) electrons. The number of halogens is 3. The molecule has 1 aliphatic heterocycles. The van der Waals surface area contributed by atoms with Crippen LogP contribution in [0.1, 0.15) is 27.6 Å². The van der Waals surface area contributed by atoms with E-state index in [1.807, 2.05) is 24.8 Å². The fourth-order valence-corrected chi connectivity index (χ4v) is 3.44. The van der Waals surface area contributed by atoms with E-state index >= 15 is 0 Å². The molecule has 1 aromatic carbocycles. The van der Waals surface area contributed by atoms with E-state index in [9.17, 15) is 18.0 Å². The van der Waals surface area contributed by atoms with E-state index < -0.39 is 11.7 Å². The van der Waals surface area contributed by atoms with Crippen LogP contribution in [-0.4, -0.2) is 56.6 Å². The summed E-state index contributed by atoms with van der Waals surface area (Å²) in [4.78, 5) is 24.8. The monoisotopic (exact) mass is 404 g/mol. The second-order valence-corrected chi connectivity index (χ2v) is 7.01. The highest BCUT2D eigenvalue weighted by molar-refractivity contribution is 5.91. The van der Waals surface area contributed by atoms with Crippen LogP contribution in [0.4, 0.5) is 18.9 Å². The molecule has 1 amide bonds. The Kier molecular flexibility index (Phi) is 4.64. The number of alkyl halides is 3. The molecule has 7 nitrogen and oxygen atoms in total. The highest BCUT2D eigenvalue weighted by Crippen LogP contribution is 2.31. The number of aryl methyl sites for hydroxylation is 2. The average Bonchev–Trinajstić information content (AvgIpc) is 3.11. The quantitative estimate of drug-likeness (QED) is 0.657. The minimum atomic E-state index is -4.38. The molecule has 0 spiro atoms. The SMILES string of the molecule is Cc1cc(C)n2nc(C(=O)N3CCN(c4cccc(C(F)(F)F)c4)CC3)nc2n1. The summed E-state index contributed by atoms with van der Waals surface area (Å²) in [7, 11) is 0. The minimum Gasteiger partial charge on any atom is -0.368 e. The van der Waals surface area contributed by atoms with Gasteiger partial charge in [0.25, 0.3) is 11.7 Å². The smallest absolute Gasteiger partial charge is 0.368 e. The van der Waals surface area contributed by atoms with E-state index in [2.05, 4.69) is 15.1 Å². The Bertz CT molecular complexity index is 1070. The molecule has 1 fully saturated rings. The number of rotatable bonds is 2. The number of nitrogens with zero attached hydrogens (tertiary/aromatic N) is 6. The molecule has 0 bridgehead atoms. The summed E-state index contributed by atoms with van der Waals surface area (Å²) in [6.45, 7) is 5.30. The van der Waals surface area contributed by atoms with Crippen molar-refractivity contribution in [3.05, 3.63) is 53.1 Å². The van der Waals surface area contributed by atoms with E-state index in [-0.39, 0.29) is 11.7 Å². The molecule has 152 valence electrons. The third kappa shape index (κ3) is 3.74. The van der Waals surface area contributed by atoms with Gasteiger partial charge in [-0.05, 0) is 38.1 Å². The van der Waals surface area contributed by atoms with Crippen LogP contribution in [0.2, 0.25) is 0 Å². The second-order valence-electron chi connectivity index (χ2n) is 7.01. The van der Waals surface area contributed by atoms with Crippen molar-refractivity contribution in [3.63, 3.8) is 0 Å². The number of aromatic nitrogens is 4. The van der Waals surface area contributed by atoms with Gasteiger partial charge in [0, 0.05) is 43.3 Å². The number of hydrogen-bond acceptors (Lipinski definition) is 5. The van der Waals surface area contributed by atoms with Gasteiger partial charge in [0.2, 0.25) is 5.82 Å². The molecule has 3 aromatic rings. The van der Waals surface area contributed by atoms with Gasteiger partial charge in [-0.1, -0.05) is 6.07 Å². The van der Waals surface area contributed by atoms with Crippen molar-refractivity contribution < 1.29 is 18.0 Å². The van der Waals surface area contributed by atoms with Crippen molar-refractivity contribution in [2.45, 2.75) is 20.0 Å². The zero-order chi connectivity index (χ0) is 20.8. The summed E-state index contributed by atoms with van der Waals surface area (Å²) in [5, 5.41) is 4.26. The van der Waals surface area contributed by atoms with Gasteiger partial charge in [-0.2, -0.15) is 18.2 Å². The molecule has 4 rings (SSSR count). The van der Waals surface area contributed by atoms with Crippen molar-refractivity contribution in [3.8, 4) is 0 Å². The lowest BCUT2D eigenvalue weighted by molar-refractivity contribution is -0.137. The fourth-order valence-electron chi connectivity index (χ4n) is 3.44. The van der Waals surface area contributed by atoms with Crippen molar-refractivity contribution in [1.29, 1.82) is 0 Å². The van der Waals surface area contributed by atoms with Crippen LogP contribution in [0.5, 0.6) is 0 Å². The third-order valence-corrected chi connectivity index (χ3v) is 4.92. The van der Waals surface area contributed by atoms with Crippen LogP contribution in [0.3, 0.4) is 0 Å². The topological polar surface area (TPSA) is 66.6 Å². The van der Waals surface area contributed by atoms with Gasteiger partial charge < -0.3 is 9.80 Å². The number of fused-ring (bicyclic) bond motifs is 1. The maximum Gasteiger partial charge on any atom is 0.416 e. The van der Waals surface area contributed by atoms with Crippen LogP contribution in [0, 0.1) is 13.8 Å². The van der Waals surface area contributed by atoms with Crippen LogP contribution >= 0.6 is 0 Å². The summed E-state index contributed by atoms with van der Waals surface area (Å²) in [5.41, 5.74) is 1.43. The lowest BCUT2D eigenvalue weighted by Crippen LogP contribution is -2.49. The van der Waals surface area contributed by atoms with E-state index in [0.29, 0.717) is 37.6 Å². The predicted octanol–water partition coefficient (Wildman–Crippen LogP) is 2.72. The van der Waals surface area contributed by atoms with Gasteiger partial charge in [0.15, 0.2) is 0 Å². The van der Waals surface area contributed by atoms with Gasteiger partial charge in [-0.25, -0.2) is 9.50 Å². The van der Waals surface area contributed by atoms with Crippen LogP contribution < -0.4 is 4.90 Å². The van der Waals surface area contributed by atoms with E-state index in [1.165, 1.54) is 10.6 Å². The van der Waals surface area contributed by atoms with Gasteiger partial charge in [0.05, 0.1) is 5.56 Å². The zero-order valence-electron chi connectivity index (χ0n) is 15.9. The molecule has 0 N–H and O–H groups in total. The lowest BCUT2D eigenvalue weighted by Gasteiger charge is -2.35. The summed E-state index contributed by atoms with van der Waals surface area (Å²) < 4.78 is 40.3.